The number of fused-ring (bicyclic) bond motifs is 2. The van der Waals surface area contributed by atoms with E-state index in [1.165, 1.54) is 22.3 Å². The van der Waals surface area contributed by atoms with Crippen molar-refractivity contribution in [3.05, 3.63) is 70.8 Å². The molecule has 5 rings (SSSR count). The molecule has 3 aliphatic carbocycles. The van der Waals surface area contributed by atoms with Crippen molar-refractivity contribution in [1.82, 2.24) is 10.6 Å². The molecule has 192 valence electrons. The summed E-state index contributed by atoms with van der Waals surface area (Å²) in [6, 6.07) is 17.7. The molecule has 0 aliphatic heterocycles. The van der Waals surface area contributed by atoms with E-state index in [0.29, 0.717) is 0 Å². The summed E-state index contributed by atoms with van der Waals surface area (Å²) in [6.07, 6.45) is 8.52. The predicted octanol–water partition coefficient (Wildman–Crippen LogP) is 5.83. The third-order valence-corrected chi connectivity index (χ3v) is 9.79. The van der Waals surface area contributed by atoms with E-state index in [1.54, 1.807) is 0 Å². The van der Waals surface area contributed by atoms with Crippen molar-refractivity contribution >= 4 is 11.8 Å². The minimum Gasteiger partial charge on any atom is -0.353 e. The molecule has 4 atom stereocenters. The van der Waals surface area contributed by atoms with Crippen LogP contribution < -0.4 is 10.6 Å². The van der Waals surface area contributed by atoms with E-state index in [9.17, 15) is 9.59 Å². The maximum Gasteiger partial charge on any atom is 0.224 e. The van der Waals surface area contributed by atoms with Gasteiger partial charge in [0.15, 0.2) is 0 Å². The molecule has 1 saturated carbocycles. The van der Waals surface area contributed by atoms with Gasteiger partial charge in [-0.3, -0.25) is 9.59 Å². The van der Waals surface area contributed by atoms with Crippen LogP contribution in [0, 0.1) is 11.8 Å². The summed E-state index contributed by atoms with van der Waals surface area (Å²) in [4.78, 5) is 26.6. The Morgan fingerprint density at radius 2 is 1.39 bits per heavy atom. The van der Waals surface area contributed by atoms with Gasteiger partial charge >= 0.3 is 0 Å². The van der Waals surface area contributed by atoms with E-state index in [0.717, 1.165) is 57.8 Å². The van der Waals surface area contributed by atoms with Crippen molar-refractivity contribution in [2.24, 2.45) is 11.8 Å². The number of benzene rings is 2. The maximum absolute atomic E-state index is 13.5. The molecule has 1 unspecified atom stereocenters. The molecule has 0 spiro atoms. The first-order valence-corrected chi connectivity index (χ1v) is 14.2. The van der Waals surface area contributed by atoms with Gasteiger partial charge in [-0.15, -0.1) is 0 Å². The van der Waals surface area contributed by atoms with Crippen molar-refractivity contribution in [3.63, 3.8) is 0 Å². The lowest BCUT2D eigenvalue weighted by Gasteiger charge is -2.42. The van der Waals surface area contributed by atoms with Crippen LogP contribution >= 0.6 is 0 Å². The van der Waals surface area contributed by atoms with Gasteiger partial charge < -0.3 is 10.6 Å². The minimum absolute atomic E-state index is 0.0190. The molecule has 2 aromatic rings. The van der Waals surface area contributed by atoms with Gasteiger partial charge in [-0.05, 0) is 86.0 Å². The molecule has 3 aliphatic rings. The van der Waals surface area contributed by atoms with Crippen LogP contribution in [0.15, 0.2) is 48.5 Å². The lowest BCUT2D eigenvalue weighted by atomic mass is 9.62. The van der Waals surface area contributed by atoms with Crippen LogP contribution in [0.3, 0.4) is 0 Å². The average Bonchev–Trinajstić information content (AvgIpc) is 2.90. The largest absolute Gasteiger partial charge is 0.353 e. The highest BCUT2D eigenvalue weighted by atomic mass is 16.2. The smallest absolute Gasteiger partial charge is 0.224 e. The molecule has 0 radical (unpaired) electrons. The SMILES string of the molecule is CCC1(C)c2ccccc2CC[C@H]1C(=O)N[C@H]1CC[C@H](NC(=O)[C@@H]2CCc3ccccc3[C@@H]2C)CC1. The van der Waals surface area contributed by atoms with Crippen LogP contribution in [0.4, 0.5) is 0 Å². The van der Waals surface area contributed by atoms with E-state index in [1.807, 2.05) is 0 Å². The second-order valence-electron chi connectivity index (χ2n) is 11.7. The van der Waals surface area contributed by atoms with E-state index in [4.69, 9.17) is 0 Å². The van der Waals surface area contributed by atoms with Gasteiger partial charge in [0, 0.05) is 29.3 Å². The van der Waals surface area contributed by atoms with Crippen molar-refractivity contribution < 1.29 is 9.59 Å². The average molecular weight is 487 g/mol. The lowest BCUT2D eigenvalue weighted by molar-refractivity contribution is -0.129. The standard InChI is InChI=1S/C32H42N2O2/c1-4-32(3)28-12-8-6-10-23(28)14-20-29(32)31(36)34-25-17-15-24(16-18-25)33-30(35)27-19-13-22-9-5-7-11-26(22)21(27)2/h5-12,21,24-25,27,29H,4,13-20H2,1-3H3,(H,33,35)(H,34,36)/t21-,24-,25-,27+,29-,32?/m0/s1. The van der Waals surface area contributed by atoms with Crippen molar-refractivity contribution in [3.8, 4) is 0 Å². The fourth-order valence-electron chi connectivity index (χ4n) is 7.29. The summed E-state index contributed by atoms with van der Waals surface area (Å²) in [7, 11) is 0. The molecule has 1 fully saturated rings. The van der Waals surface area contributed by atoms with Crippen LogP contribution in [0.25, 0.3) is 0 Å². The zero-order valence-electron chi connectivity index (χ0n) is 22.2. The van der Waals surface area contributed by atoms with Crippen molar-refractivity contribution in [1.29, 1.82) is 0 Å². The van der Waals surface area contributed by atoms with E-state index < -0.39 is 0 Å². The molecule has 36 heavy (non-hydrogen) atoms. The van der Waals surface area contributed by atoms with Gasteiger partial charge in [-0.2, -0.15) is 0 Å². The van der Waals surface area contributed by atoms with Crippen molar-refractivity contribution in [2.75, 3.05) is 0 Å². The molecule has 0 bridgehead atoms. The molecule has 0 aromatic heterocycles. The summed E-state index contributed by atoms with van der Waals surface area (Å²) in [5.74, 6) is 0.767. The minimum atomic E-state index is -0.112. The molecule has 0 heterocycles. The first-order valence-electron chi connectivity index (χ1n) is 14.2. The molecular formula is C32H42N2O2. The first kappa shape index (κ1) is 25.0. The number of rotatable bonds is 5. The number of nitrogens with one attached hydrogen (secondary N) is 2. The second-order valence-corrected chi connectivity index (χ2v) is 11.7. The van der Waals surface area contributed by atoms with Gasteiger partial charge in [-0.1, -0.05) is 69.3 Å². The Balaban J connectivity index is 1.14. The van der Waals surface area contributed by atoms with Gasteiger partial charge in [0.05, 0.1) is 0 Å². The number of hydrogen-bond acceptors (Lipinski definition) is 2. The Hall–Kier alpha value is -2.62. The molecular weight excluding hydrogens is 444 g/mol. The summed E-state index contributed by atoms with van der Waals surface area (Å²) in [6.45, 7) is 6.68. The number of amides is 2. The van der Waals surface area contributed by atoms with Crippen LogP contribution in [-0.4, -0.2) is 23.9 Å². The summed E-state index contributed by atoms with van der Waals surface area (Å²) in [5, 5.41) is 6.78. The third kappa shape index (κ3) is 4.71. The Morgan fingerprint density at radius 3 is 2.08 bits per heavy atom. The Bertz CT molecular complexity index is 1100. The molecule has 0 saturated heterocycles. The van der Waals surface area contributed by atoms with Crippen LogP contribution in [-0.2, 0) is 27.8 Å². The van der Waals surface area contributed by atoms with Gasteiger partial charge in [0.25, 0.3) is 0 Å². The summed E-state index contributed by atoms with van der Waals surface area (Å²) < 4.78 is 0. The van der Waals surface area contributed by atoms with E-state index >= 15 is 0 Å². The highest BCUT2D eigenvalue weighted by Crippen LogP contribution is 2.44. The van der Waals surface area contributed by atoms with Gasteiger partial charge in [0.2, 0.25) is 11.8 Å². The van der Waals surface area contributed by atoms with Crippen LogP contribution in [0.5, 0.6) is 0 Å². The molecule has 2 aromatic carbocycles. The van der Waals surface area contributed by atoms with E-state index in [-0.39, 0.29) is 47.1 Å². The Kier molecular flexibility index (Phi) is 7.23. The lowest BCUT2D eigenvalue weighted by Crippen LogP contribution is -2.50. The van der Waals surface area contributed by atoms with Gasteiger partial charge in [0.1, 0.15) is 0 Å². The first-order chi connectivity index (χ1) is 17.4. The number of carbonyl (C=O) groups is 2. The third-order valence-electron chi connectivity index (χ3n) is 9.79. The fraction of sp³-hybridized carbons (Fsp3) is 0.562. The van der Waals surface area contributed by atoms with Crippen LogP contribution in [0.2, 0.25) is 0 Å². The second kappa shape index (κ2) is 10.4. The molecule has 4 heteroatoms. The molecule has 4 nitrogen and oxygen atoms in total. The van der Waals surface area contributed by atoms with Gasteiger partial charge in [-0.25, -0.2) is 0 Å². The quantitative estimate of drug-likeness (QED) is 0.559. The molecule has 2 N–H and O–H groups in total. The number of carbonyl (C=O) groups excluding carboxylic acids is 2. The molecule has 2 amide bonds. The monoisotopic (exact) mass is 486 g/mol. The number of hydrogen-bond donors (Lipinski definition) is 2. The highest BCUT2D eigenvalue weighted by molar-refractivity contribution is 5.82. The highest BCUT2D eigenvalue weighted by Gasteiger charge is 2.43. The van der Waals surface area contributed by atoms with E-state index in [2.05, 4.69) is 79.9 Å². The normalized spacial score (nSPS) is 31.6. The Morgan fingerprint density at radius 1 is 0.806 bits per heavy atom. The number of aryl methyl sites for hydroxylation is 2. The zero-order valence-corrected chi connectivity index (χ0v) is 22.2. The summed E-state index contributed by atoms with van der Waals surface area (Å²) >= 11 is 0. The van der Waals surface area contributed by atoms with Crippen LogP contribution in [0.1, 0.15) is 93.9 Å². The Labute approximate surface area is 216 Å². The zero-order chi connectivity index (χ0) is 25.3. The summed E-state index contributed by atoms with van der Waals surface area (Å²) in [5.41, 5.74) is 5.37. The maximum atomic E-state index is 13.5. The van der Waals surface area contributed by atoms with Crippen molar-refractivity contribution in [2.45, 2.75) is 102 Å². The fourth-order valence-corrected chi connectivity index (χ4v) is 7.29. The topological polar surface area (TPSA) is 58.2 Å². The predicted molar refractivity (Wildman–Crippen MR) is 145 cm³/mol.